The van der Waals surface area contributed by atoms with Crippen molar-refractivity contribution in [2.75, 3.05) is 0 Å². The molecule has 1 saturated carbocycles. The fraction of sp³-hybridized carbons (Fsp3) is 0.571. The Bertz CT molecular complexity index is 809. The maximum Gasteiger partial charge on any atom is 0.263 e. The zero-order valence-corrected chi connectivity index (χ0v) is 12.7. The molecule has 0 amide bonds. The largest absolute Gasteiger partial charge is 0.323 e. The van der Waals surface area contributed by atoms with Gasteiger partial charge in [0.15, 0.2) is 4.77 Å². The highest BCUT2D eigenvalue weighted by Crippen LogP contribution is 2.55. The van der Waals surface area contributed by atoms with Gasteiger partial charge in [0.25, 0.3) is 5.56 Å². The smallest absolute Gasteiger partial charge is 0.263 e. The van der Waals surface area contributed by atoms with Gasteiger partial charge in [-0.15, -0.1) is 11.3 Å². The maximum absolute atomic E-state index is 12.8. The van der Waals surface area contributed by atoms with Gasteiger partial charge in [0.2, 0.25) is 0 Å². The van der Waals surface area contributed by atoms with Gasteiger partial charge in [0.05, 0.1) is 5.39 Å². The molecule has 5 heteroatoms. The van der Waals surface area contributed by atoms with Crippen LogP contribution >= 0.6 is 23.6 Å². The molecular weight excluding hydrogens is 276 g/mol. The SMILES string of the molecule is CC1(C)CC1n1c(=S)[nH]c2sc3c(c2c1=O)CCC3. The number of fused-ring (bicyclic) bond motifs is 3. The second-order valence-corrected chi connectivity index (χ2v) is 7.87. The highest BCUT2D eigenvalue weighted by atomic mass is 32.1. The van der Waals surface area contributed by atoms with Crippen LogP contribution < -0.4 is 5.56 Å². The molecule has 100 valence electrons. The number of hydrogen-bond donors (Lipinski definition) is 1. The average molecular weight is 292 g/mol. The van der Waals surface area contributed by atoms with Crippen molar-refractivity contribution in [1.82, 2.24) is 9.55 Å². The van der Waals surface area contributed by atoms with Crippen molar-refractivity contribution in [3.63, 3.8) is 0 Å². The summed E-state index contributed by atoms with van der Waals surface area (Å²) in [5.41, 5.74) is 1.62. The Morgan fingerprint density at radius 2 is 2.16 bits per heavy atom. The van der Waals surface area contributed by atoms with Crippen molar-refractivity contribution < 1.29 is 0 Å². The third-order valence-corrected chi connectivity index (χ3v) is 6.07. The summed E-state index contributed by atoms with van der Waals surface area (Å²) < 4.78 is 2.41. The van der Waals surface area contributed by atoms with E-state index in [9.17, 15) is 4.79 Å². The van der Waals surface area contributed by atoms with Crippen LogP contribution in [0.2, 0.25) is 0 Å². The van der Waals surface area contributed by atoms with Gasteiger partial charge in [-0.25, -0.2) is 0 Å². The first-order valence-corrected chi connectivity index (χ1v) is 8.00. The van der Waals surface area contributed by atoms with Gasteiger partial charge in [-0.3, -0.25) is 9.36 Å². The van der Waals surface area contributed by atoms with E-state index < -0.39 is 0 Å². The fourth-order valence-electron chi connectivity index (χ4n) is 3.25. The van der Waals surface area contributed by atoms with Crippen LogP contribution in [0.4, 0.5) is 0 Å². The van der Waals surface area contributed by atoms with Crippen molar-refractivity contribution in [2.45, 2.75) is 45.6 Å². The van der Waals surface area contributed by atoms with Gasteiger partial charge < -0.3 is 4.98 Å². The molecule has 1 N–H and O–H groups in total. The standard InChI is InChI=1S/C14H16N2OS2/c1-14(2)6-9(14)16-12(17)10-7-4-3-5-8(7)19-11(10)15-13(16)18/h9H,3-6H2,1-2H3,(H,15,18). The third kappa shape index (κ3) is 1.54. The second-order valence-electron chi connectivity index (χ2n) is 6.38. The van der Waals surface area contributed by atoms with Gasteiger partial charge in [0, 0.05) is 10.9 Å². The second kappa shape index (κ2) is 3.58. The zero-order chi connectivity index (χ0) is 13.4. The summed E-state index contributed by atoms with van der Waals surface area (Å²) in [5.74, 6) is 0. The van der Waals surface area contributed by atoms with Crippen molar-refractivity contribution in [2.24, 2.45) is 5.41 Å². The van der Waals surface area contributed by atoms with E-state index in [1.165, 1.54) is 16.9 Å². The molecule has 1 atom stereocenters. The predicted octanol–water partition coefficient (Wildman–Crippen LogP) is 3.58. The lowest BCUT2D eigenvalue weighted by Crippen LogP contribution is -2.23. The highest BCUT2D eigenvalue weighted by molar-refractivity contribution is 7.71. The minimum atomic E-state index is 0.133. The maximum atomic E-state index is 12.8. The first kappa shape index (κ1) is 11.9. The summed E-state index contributed by atoms with van der Waals surface area (Å²) in [7, 11) is 0. The van der Waals surface area contributed by atoms with Gasteiger partial charge in [0.1, 0.15) is 4.83 Å². The monoisotopic (exact) mass is 292 g/mol. The third-order valence-electron chi connectivity index (χ3n) is 4.57. The molecule has 3 nitrogen and oxygen atoms in total. The lowest BCUT2D eigenvalue weighted by Gasteiger charge is -2.08. The molecule has 2 aliphatic rings. The van der Waals surface area contributed by atoms with E-state index in [1.807, 2.05) is 4.57 Å². The fourth-order valence-corrected chi connectivity index (χ4v) is 4.91. The minimum absolute atomic E-state index is 0.133. The first-order chi connectivity index (χ1) is 8.99. The number of nitrogens with one attached hydrogen (secondary N) is 1. The molecule has 0 saturated heterocycles. The Labute approximate surface area is 120 Å². The molecule has 0 aromatic carbocycles. The van der Waals surface area contributed by atoms with E-state index in [-0.39, 0.29) is 17.0 Å². The first-order valence-electron chi connectivity index (χ1n) is 6.78. The Balaban J connectivity index is 2.05. The number of nitrogens with zero attached hydrogens (tertiary/aromatic N) is 1. The Hall–Kier alpha value is -0.940. The van der Waals surface area contributed by atoms with E-state index in [1.54, 1.807) is 11.3 Å². The van der Waals surface area contributed by atoms with E-state index in [0.717, 1.165) is 29.5 Å². The van der Waals surface area contributed by atoms with Crippen LogP contribution in [-0.2, 0) is 12.8 Å². The number of aryl methyl sites for hydroxylation is 2. The van der Waals surface area contributed by atoms with Crippen LogP contribution in [0.3, 0.4) is 0 Å². The Morgan fingerprint density at radius 1 is 1.42 bits per heavy atom. The molecule has 0 aliphatic heterocycles. The molecule has 1 unspecified atom stereocenters. The Morgan fingerprint density at radius 3 is 2.84 bits per heavy atom. The van der Waals surface area contributed by atoms with Gasteiger partial charge >= 0.3 is 0 Å². The molecule has 4 rings (SSSR count). The molecule has 0 bridgehead atoms. The summed E-state index contributed by atoms with van der Waals surface area (Å²) in [6.07, 6.45) is 4.39. The summed E-state index contributed by atoms with van der Waals surface area (Å²) in [6, 6.07) is 0.269. The van der Waals surface area contributed by atoms with Crippen molar-refractivity contribution in [1.29, 1.82) is 0 Å². The van der Waals surface area contributed by atoms with Crippen molar-refractivity contribution in [3.05, 3.63) is 25.6 Å². The lowest BCUT2D eigenvalue weighted by atomic mass is 10.2. The molecular formula is C14H16N2OS2. The van der Waals surface area contributed by atoms with Gasteiger partial charge in [-0.1, -0.05) is 13.8 Å². The molecule has 0 spiro atoms. The number of thiophene rings is 1. The lowest BCUT2D eigenvalue weighted by molar-refractivity contribution is 0.524. The number of aromatic amines is 1. The Kier molecular flexibility index (Phi) is 2.23. The number of H-pyrrole nitrogens is 1. The summed E-state index contributed by atoms with van der Waals surface area (Å²) in [5, 5.41) is 0.911. The topological polar surface area (TPSA) is 37.8 Å². The van der Waals surface area contributed by atoms with E-state index in [4.69, 9.17) is 12.2 Å². The quantitative estimate of drug-likeness (QED) is 0.816. The molecule has 2 heterocycles. The van der Waals surface area contributed by atoms with E-state index >= 15 is 0 Å². The van der Waals surface area contributed by atoms with Crippen LogP contribution in [0.25, 0.3) is 10.2 Å². The van der Waals surface area contributed by atoms with Crippen LogP contribution in [0.15, 0.2) is 4.79 Å². The molecule has 2 aromatic heterocycles. The summed E-state index contributed by atoms with van der Waals surface area (Å²) >= 11 is 7.13. The average Bonchev–Trinajstić information content (AvgIpc) is 2.70. The van der Waals surface area contributed by atoms with Crippen LogP contribution in [0, 0.1) is 10.2 Å². The van der Waals surface area contributed by atoms with Crippen LogP contribution in [0.1, 0.15) is 43.2 Å². The molecule has 19 heavy (non-hydrogen) atoms. The van der Waals surface area contributed by atoms with E-state index in [2.05, 4.69) is 18.8 Å². The molecule has 0 radical (unpaired) electrons. The van der Waals surface area contributed by atoms with Crippen molar-refractivity contribution in [3.8, 4) is 0 Å². The van der Waals surface area contributed by atoms with E-state index in [0.29, 0.717) is 4.77 Å². The van der Waals surface area contributed by atoms with Crippen LogP contribution in [-0.4, -0.2) is 9.55 Å². The molecule has 1 fully saturated rings. The highest BCUT2D eigenvalue weighted by Gasteiger charge is 2.48. The number of hydrogen-bond acceptors (Lipinski definition) is 3. The normalized spacial score (nSPS) is 23.8. The van der Waals surface area contributed by atoms with Crippen LogP contribution in [0.5, 0.6) is 0 Å². The number of rotatable bonds is 1. The zero-order valence-electron chi connectivity index (χ0n) is 11.1. The minimum Gasteiger partial charge on any atom is -0.323 e. The van der Waals surface area contributed by atoms with Gasteiger partial charge in [-0.2, -0.15) is 0 Å². The molecule has 2 aromatic rings. The van der Waals surface area contributed by atoms with Gasteiger partial charge in [-0.05, 0) is 48.9 Å². The predicted molar refractivity (Wildman–Crippen MR) is 80.7 cm³/mol. The summed E-state index contributed by atoms with van der Waals surface area (Å²) in [6.45, 7) is 4.39. The summed E-state index contributed by atoms with van der Waals surface area (Å²) in [4.78, 5) is 18.5. The molecule has 2 aliphatic carbocycles. The van der Waals surface area contributed by atoms with Crippen molar-refractivity contribution >= 4 is 33.8 Å². The number of aromatic nitrogens is 2.